The summed E-state index contributed by atoms with van der Waals surface area (Å²) in [6.07, 6.45) is -3.77. The summed E-state index contributed by atoms with van der Waals surface area (Å²) in [5.74, 6) is -3.23. The van der Waals surface area contributed by atoms with E-state index in [1.165, 1.54) is 12.1 Å². The van der Waals surface area contributed by atoms with E-state index >= 15 is 0 Å². The van der Waals surface area contributed by atoms with Gasteiger partial charge in [0.25, 0.3) is 0 Å². The molecule has 0 aliphatic carbocycles. The van der Waals surface area contributed by atoms with E-state index in [4.69, 9.17) is 0 Å². The molecular formula is C37H44BrN5O8. The molecule has 0 fully saturated rings. The van der Waals surface area contributed by atoms with Gasteiger partial charge in [-0.1, -0.05) is 54.9 Å². The minimum absolute atomic E-state index is 0.0579. The smallest absolute Gasteiger partial charge is 0.309 e. The number of carboxylic acid groups (broad SMARTS) is 1. The van der Waals surface area contributed by atoms with Gasteiger partial charge >= 0.3 is 5.97 Å². The molecule has 2 aliphatic rings. The number of ketones is 1. The van der Waals surface area contributed by atoms with E-state index in [0.29, 0.717) is 45.0 Å². The van der Waals surface area contributed by atoms with Crippen LogP contribution < -0.4 is 21.3 Å². The maximum absolute atomic E-state index is 13.6. The second-order valence-electron chi connectivity index (χ2n) is 14.1. The number of para-hydroxylation sites is 1. The van der Waals surface area contributed by atoms with Crippen molar-refractivity contribution in [1.29, 1.82) is 0 Å². The molecule has 6 unspecified atom stereocenters. The zero-order chi connectivity index (χ0) is 37.0. The van der Waals surface area contributed by atoms with E-state index in [2.05, 4.69) is 42.2 Å². The number of fused-ring (bicyclic) bond motifs is 1. The van der Waals surface area contributed by atoms with Gasteiger partial charge in [0, 0.05) is 40.4 Å². The molecule has 0 bridgehead atoms. The SMILES string of the molecule is CC(C)(C)c1cc(Br)cc(C(NC(=O)CCC(O)c2cc(O)cc(NC3=NCC(O)CN3)c2)C(CC(O)C2Nc3ccccc3C2=O)C(=O)O)c1. The standard InChI is InChI=1S/C37H44BrN5O8/c1-37(2,3)21-10-20(11-22(38)14-21)32(27(35(50)51)16-30(47)33-34(49)26-6-4-5-7-28(26)42-33)43-31(48)9-8-29(46)19-12-23(15-24(44)13-19)41-36-39-17-25(45)18-40-36/h4-7,10-15,25,27,29-30,32-33,42,44-47H,8-9,16-18H2,1-3H3,(H,43,48)(H,50,51)(H2,39,40,41). The highest BCUT2D eigenvalue weighted by molar-refractivity contribution is 9.10. The van der Waals surface area contributed by atoms with Crippen LogP contribution in [-0.4, -0.2) is 80.5 Å². The van der Waals surface area contributed by atoms with Crippen molar-refractivity contribution in [3.05, 3.63) is 87.4 Å². The number of hydrogen-bond acceptors (Lipinski definition) is 11. The molecule has 272 valence electrons. The Balaban J connectivity index is 1.35. The van der Waals surface area contributed by atoms with E-state index in [1.807, 2.05) is 32.9 Å². The summed E-state index contributed by atoms with van der Waals surface area (Å²) in [7, 11) is 0. The second kappa shape index (κ2) is 15.8. The van der Waals surface area contributed by atoms with Gasteiger partial charge in [-0.2, -0.15) is 0 Å². The van der Waals surface area contributed by atoms with Crippen LogP contribution in [0.15, 0.2) is 70.1 Å². The predicted octanol–water partition coefficient (Wildman–Crippen LogP) is 3.98. The fraction of sp³-hybridized carbons (Fsp3) is 0.405. The number of carboxylic acids is 1. The normalized spacial score (nSPS) is 19.4. The van der Waals surface area contributed by atoms with Crippen molar-refractivity contribution in [3.63, 3.8) is 0 Å². The number of aliphatic hydroxyl groups is 3. The average Bonchev–Trinajstić information content (AvgIpc) is 3.41. The van der Waals surface area contributed by atoms with Crippen molar-refractivity contribution >= 4 is 50.9 Å². The second-order valence-corrected chi connectivity index (χ2v) is 15.0. The number of nitrogens with one attached hydrogen (secondary N) is 4. The first-order valence-corrected chi connectivity index (χ1v) is 17.5. The van der Waals surface area contributed by atoms with E-state index in [9.17, 15) is 39.9 Å². The quantitative estimate of drug-likeness (QED) is 0.129. The summed E-state index contributed by atoms with van der Waals surface area (Å²) < 4.78 is 0.672. The van der Waals surface area contributed by atoms with Crippen molar-refractivity contribution in [2.24, 2.45) is 10.9 Å². The van der Waals surface area contributed by atoms with E-state index < -0.39 is 48.2 Å². The van der Waals surface area contributed by atoms with Crippen molar-refractivity contribution in [2.75, 3.05) is 23.7 Å². The largest absolute Gasteiger partial charge is 0.508 e. The molecule has 2 heterocycles. The molecule has 14 heteroatoms. The lowest BCUT2D eigenvalue weighted by atomic mass is 9.82. The van der Waals surface area contributed by atoms with Crippen molar-refractivity contribution < 1.29 is 39.9 Å². The maximum atomic E-state index is 13.6. The Morgan fingerprint density at radius 2 is 1.80 bits per heavy atom. The number of β-amino-alcohol motifs (C(OH)–C–C–N with tert-alkyl or cyclic N) is 1. The lowest BCUT2D eigenvalue weighted by Gasteiger charge is -2.30. The minimum atomic E-state index is -1.39. The number of carbonyl (C=O) groups is 3. The molecule has 3 aromatic rings. The molecule has 0 spiro atoms. The Morgan fingerprint density at radius 1 is 1.06 bits per heavy atom. The number of aromatic hydroxyl groups is 1. The first-order chi connectivity index (χ1) is 24.1. The zero-order valence-corrected chi connectivity index (χ0v) is 30.1. The number of phenols is 1. The van der Waals surface area contributed by atoms with Crippen LogP contribution in [0.1, 0.15) is 79.2 Å². The number of guanidine groups is 1. The van der Waals surface area contributed by atoms with Crippen LogP contribution in [0, 0.1) is 5.92 Å². The van der Waals surface area contributed by atoms with Crippen molar-refractivity contribution in [2.45, 2.75) is 75.8 Å². The molecule has 2 aliphatic heterocycles. The number of halogens is 1. The maximum Gasteiger partial charge on any atom is 0.309 e. The van der Waals surface area contributed by atoms with Crippen LogP contribution >= 0.6 is 15.9 Å². The monoisotopic (exact) mass is 765 g/mol. The first kappa shape index (κ1) is 37.7. The fourth-order valence-corrected chi connectivity index (χ4v) is 6.75. The lowest BCUT2D eigenvalue weighted by Crippen LogP contribution is -2.43. The molecule has 6 atom stereocenters. The molecule has 1 amide bonds. The zero-order valence-electron chi connectivity index (χ0n) is 28.6. The Labute approximate surface area is 304 Å². The third kappa shape index (κ3) is 9.44. The summed E-state index contributed by atoms with van der Waals surface area (Å²) in [5.41, 5.74) is 2.78. The number of nitrogens with zero attached hydrogens (tertiary/aromatic N) is 1. The number of hydrogen-bond donors (Lipinski definition) is 9. The van der Waals surface area contributed by atoms with Gasteiger partial charge in [0.15, 0.2) is 11.7 Å². The number of benzene rings is 3. The number of carbonyl (C=O) groups excluding carboxylic acids is 2. The number of Topliss-reactive ketones (excluding diaryl/α,β-unsaturated/α-hetero) is 1. The Hall–Kier alpha value is -4.50. The van der Waals surface area contributed by atoms with Crippen LogP contribution in [0.25, 0.3) is 0 Å². The van der Waals surface area contributed by atoms with Gasteiger partial charge in [-0.25, -0.2) is 0 Å². The van der Waals surface area contributed by atoms with E-state index in [-0.39, 0.29) is 42.8 Å². The van der Waals surface area contributed by atoms with Crippen LogP contribution in [0.5, 0.6) is 5.75 Å². The van der Waals surface area contributed by atoms with Crippen LogP contribution in [-0.2, 0) is 15.0 Å². The van der Waals surface area contributed by atoms with Gasteiger partial charge in [0.1, 0.15) is 11.8 Å². The molecule has 0 aromatic heterocycles. The molecule has 0 saturated heterocycles. The topological polar surface area (TPSA) is 213 Å². The van der Waals surface area contributed by atoms with Crippen molar-refractivity contribution in [3.8, 4) is 5.75 Å². The Bertz CT molecular complexity index is 1810. The molecule has 51 heavy (non-hydrogen) atoms. The third-order valence-corrected chi connectivity index (χ3v) is 9.50. The van der Waals surface area contributed by atoms with Crippen LogP contribution in [0.4, 0.5) is 11.4 Å². The highest BCUT2D eigenvalue weighted by atomic mass is 79.9. The highest BCUT2D eigenvalue weighted by Crippen LogP contribution is 2.36. The molecule has 0 saturated carbocycles. The molecule has 5 rings (SSSR count). The van der Waals surface area contributed by atoms with E-state index in [0.717, 1.165) is 5.56 Å². The van der Waals surface area contributed by atoms with Crippen LogP contribution in [0.3, 0.4) is 0 Å². The number of phenolic OH excluding ortho intramolecular Hbond substituents is 1. The Morgan fingerprint density at radius 3 is 2.47 bits per heavy atom. The van der Waals surface area contributed by atoms with Gasteiger partial charge in [0.05, 0.1) is 36.8 Å². The summed E-state index contributed by atoms with van der Waals surface area (Å²) in [4.78, 5) is 43.8. The molecule has 0 radical (unpaired) electrons. The third-order valence-electron chi connectivity index (χ3n) is 9.05. The number of aliphatic imine (C=N–C) groups is 1. The molecular weight excluding hydrogens is 722 g/mol. The van der Waals surface area contributed by atoms with Gasteiger partial charge < -0.3 is 46.8 Å². The van der Waals surface area contributed by atoms with Crippen molar-refractivity contribution in [1.82, 2.24) is 10.6 Å². The Kier molecular flexibility index (Phi) is 11.7. The molecule has 9 N–H and O–H groups in total. The molecule has 3 aromatic carbocycles. The van der Waals surface area contributed by atoms with Gasteiger partial charge in [0.2, 0.25) is 5.91 Å². The van der Waals surface area contributed by atoms with E-state index in [1.54, 1.807) is 36.4 Å². The number of aliphatic carboxylic acids is 1. The first-order valence-electron chi connectivity index (χ1n) is 16.8. The average molecular weight is 767 g/mol. The number of rotatable bonds is 12. The van der Waals surface area contributed by atoms with Gasteiger partial charge in [-0.05, 0) is 71.3 Å². The summed E-state index contributed by atoms with van der Waals surface area (Å²) in [6.45, 7) is 6.54. The molecule has 13 nitrogen and oxygen atoms in total. The predicted molar refractivity (Wildman–Crippen MR) is 196 cm³/mol. The number of anilines is 2. The summed E-state index contributed by atoms with van der Waals surface area (Å²) >= 11 is 3.53. The number of aliphatic hydroxyl groups excluding tert-OH is 3. The van der Waals surface area contributed by atoms with Gasteiger partial charge in [-0.3, -0.25) is 19.4 Å². The lowest BCUT2D eigenvalue weighted by molar-refractivity contribution is -0.144. The summed E-state index contributed by atoms with van der Waals surface area (Å²) in [5, 5.41) is 64.6. The summed E-state index contributed by atoms with van der Waals surface area (Å²) in [6, 6.07) is 14.5. The number of amides is 1. The minimum Gasteiger partial charge on any atom is -0.508 e. The van der Waals surface area contributed by atoms with Crippen LogP contribution in [0.2, 0.25) is 0 Å². The fourth-order valence-electron chi connectivity index (χ4n) is 6.24. The highest BCUT2D eigenvalue weighted by Gasteiger charge is 2.40. The van der Waals surface area contributed by atoms with Gasteiger partial charge in [-0.15, -0.1) is 0 Å².